The SMILES string of the molecule is NC(=O)c1[c]c(N2CCNCC2)cc(COc2ccccc2C(F)(F)F)c1-c1ccc(O)cc1. The maximum absolute atomic E-state index is 13.5. The number of nitrogens with one attached hydrogen (secondary N) is 1. The third-order valence-corrected chi connectivity index (χ3v) is 5.57. The van der Waals surface area contributed by atoms with E-state index in [1.165, 1.54) is 30.3 Å². The van der Waals surface area contributed by atoms with Crippen LogP contribution in [0.5, 0.6) is 11.5 Å². The van der Waals surface area contributed by atoms with Gasteiger partial charge in [-0.15, -0.1) is 0 Å². The number of ether oxygens (including phenoxy) is 1. The predicted molar refractivity (Wildman–Crippen MR) is 122 cm³/mol. The van der Waals surface area contributed by atoms with E-state index < -0.39 is 17.6 Å². The van der Waals surface area contributed by atoms with Crippen LogP contribution in [0.25, 0.3) is 11.1 Å². The molecule has 1 radical (unpaired) electrons. The van der Waals surface area contributed by atoms with Crippen LogP contribution in [0.1, 0.15) is 21.5 Å². The molecule has 4 N–H and O–H groups in total. The zero-order valence-electron chi connectivity index (χ0n) is 18.2. The number of primary amides is 1. The monoisotopic (exact) mass is 470 g/mol. The van der Waals surface area contributed by atoms with E-state index >= 15 is 0 Å². The Bertz CT molecular complexity index is 1170. The number of phenolic OH excluding ortho intramolecular Hbond substituents is 1. The van der Waals surface area contributed by atoms with Gasteiger partial charge in [-0.05, 0) is 41.5 Å². The van der Waals surface area contributed by atoms with Crippen LogP contribution in [0.3, 0.4) is 0 Å². The molecule has 3 aromatic carbocycles. The molecule has 1 amide bonds. The fraction of sp³-hybridized carbons (Fsp3) is 0.240. The highest BCUT2D eigenvalue weighted by Crippen LogP contribution is 2.38. The van der Waals surface area contributed by atoms with Crippen LogP contribution >= 0.6 is 0 Å². The maximum atomic E-state index is 13.5. The lowest BCUT2D eigenvalue weighted by Crippen LogP contribution is -2.43. The van der Waals surface area contributed by atoms with Crippen molar-refractivity contribution in [2.45, 2.75) is 12.8 Å². The molecule has 0 bridgehead atoms. The first-order valence-corrected chi connectivity index (χ1v) is 10.7. The van der Waals surface area contributed by atoms with Gasteiger partial charge in [-0.2, -0.15) is 13.2 Å². The number of benzene rings is 3. The Hall–Kier alpha value is -3.72. The van der Waals surface area contributed by atoms with Crippen molar-refractivity contribution in [3.8, 4) is 22.6 Å². The summed E-state index contributed by atoms with van der Waals surface area (Å²) < 4.78 is 46.0. The lowest BCUT2D eigenvalue weighted by Gasteiger charge is -2.30. The van der Waals surface area contributed by atoms with Crippen molar-refractivity contribution in [1.82, 2.24) is 5.32 Å². The average Bonchev–Trinajstić information content (AvgIpc) is 2.83. The van der Waals surface area contributed by atoms with Gasteiger partial charge in [0.2, 0.25) is 5.91 Å². The third kappa shape index (κ3) is 5.09. The summed E-state index contributed by atoms with van der Waals surface area (Å²) in [5.41, 5.74) is 6.95. The van der Waals surface area contributed by atoms with Crippen molar-refractivity contribution < 1.29 is 27.8 Å². The summed E-state index contributed by atoms with van der Waals surface area (Å²) >= 11 is 0. The van der Waals surface area contributed by atoms with Crippen molar-refractivity contribution >= 4 is 11.6 Å². The number of anilines is 1. The summed E-state index contributed by atoms with van der Waals surface area (Å²) in [6, 6.07) is 15.9. The minimum absolute atomic E-state index is 0.0303. The second-order valence-electron chi connectivity index (χ2n) is 7.86. The predicted octanol–water partition coefficient (Wildman–Crippen LogP) is 3.97. The molecule has 1 aliphatic heterocycles. The van der Waals surface area contributed by atoms with E-state index in [2.05, 4.69) is 11.4 Å². The summed E-state index contributed by atoms with van der Waals surface area (Å²) in [5.74, 6) is -1.01. The Labute approximate surface area is 194 Å². The van der Waals surface area contributed by atoms with E-state index in [-0.39, 0.29) is 23.7 Å². The van der Waals surface area contributed by atoms with Gasteiger partial charge in [0.25, 0.3) is 0 Å². The number of nitrogens with zero attached hydrogens (tertiary/aromatic N) is 1. The quantitative estimate of drug-likeness (QED) is 0.508. The lowest BCUT2D eigenvalue weighted by atomic mass is 9.92. The zero-order chi connectivity index (χ0) is 24.3. The van der Waals surface area contributed by atoms with Crippen molar-refractivity contribution in [1.29, 1.82) is 0 Å². The second-order valence-corrected chi connectivity index (χ2v) is 7.86. The van der Waals surface area contributed by atoms with Gasteiger partial charge in [0.05, 0.1) is 11.1 Å². The van der Waals surface area contributed by atoms with Crippen LogP contribution in [-0.4, -0.2) is 37.2 Å². The first-order chi connectivity index (χ1) is 16.2. The molecule has 1 heterocycles. The second kappa shape index (κ2) is 9.64. The molecule has 0 aliphatic carbocycles. The summed E-state index contributed by atoms with van der Waals surface area (Å²) in [6.45, 7) is 2.58. The van der Waals surface area contributed by atoms with Gasteiger partial charge in [-0.1, -0.05) is 24.3 Å². The molecular weight excluding hydrogens is 447 g/mol. The smallest absolute Gasteiger partial charge is 0.419 e. The Morgan fingerprint density at radius 1 is 1.12 bits per heavy atom. The number of carbonyl (C=O) groups excluding carboxylic acids is 1. The minimum Gasteiger partial charge on any atom is -0.508 e. The van der Waals surface area contributed by atoms with Gasteiger partial charge in [0.15, 0.2) is 0 Å². The number of hydrogen-bond acceptors (Lipinski definition) is 5. The molecule has 3 aromatic rings. The van der Waals surface area contributed by atoms with E-state index in [0.717, 1.165) is 19.2 Å². The van der Waals surface area contributed by atoms with Crippen molar-refractivity contribution in [3.63, 3.8) is 0 Å². The molecule has 34 heavy (non-hydrogen) atoms. The molecule has 1 fully saturated rings. The van der Waals surface area contributed by atoms with E-state index in [4.69, 9.17) is 10.5 Å². The van der Waals surface area contributed by atoms with Gasteiger partial charge < -0.3 is 25.8 Å². The summed E-state index contributed by atoms with van der Waals surface area (Å²) in [6.07, 6.45) is -4.58. The molecule has 6 nitrogen and oxygen atoms in total. The number of aromatic hydroxyl groups is 1. The summed E-state index contributed by atoms with van der Waals surface area (Å²) in [4.78, 5) is 14.5. The molecular formula is C25H23F3N3O3. The average molecular weight is 470 g/mol. The number of amides is 1. The van der Waals surface area contributed by atoms with E-state index in [9.17, 15) is 23.1 Å². The van der Waals surface area contributed by atoms with Crippen LogP contribution in [-0.2, 0) is 12.8 Å². The molecule has 177 valence electrons. The Morgan fingerprint density at radius 3 is 2.44 bits per heavy atom. The molecule has 0 unspecified atom stereocenters. The van der Waals surface area contributed by atoms with Gasteiger partial charge >= 0.3 is 6.18 Å². The molecule has 1 aliphatic rings. The number of carbonyl (C=O) groups is 1. The molecule has 0 saturated carbocycles. The fourth-order valence-corrected chi connectivity index (χ4v) is 3.94. The number of piperazine rings is 1. The Morgan fingerprint density at radius 2 is 1.79 bits per heavy atom. The highest BCUT2D eigenvalue weighted by atomic mass is 19.4. The Balaban J connectivity index is 1.81. The standard InChI is InChI=1S/C25H23F3N3O3/c26-25(27,28)21-3-1-2-4-22(21)34-15-17-13-18(31-11-9-30-10-12-31)14-20(24(29)33)23(17)16-5-7-19(32)8-6-16/h1-8,13,30,32H,9-12,15H2,(H2,29,33). The van der Waals surface area contributed by atoms with Crippen molar-refractivity contribution in [3.05, 3.63) is 77.4 Å². The largest absolute Gasteiger partial charge is 0.508 e. The van der Waals surface area contributed by atoms with Gasteiger partial charge in [0, 0.05) is 43.5 Å². The van der Waals surface area contributed by atoms with E-state index in [1.54, 1.807) is 18.2 Å². The van der Waals surface area contributed by atoms with Gasteiger partial charge in [-0.3, -0.25) is 4.79 Å². The number of hydrogen-bond donors (Lipinski definition) is 3. The maximum Gasteiger partial charge on any atom is 0.419 e. The molecule has 4 rings (SSSR count). The molecule has 0 aromatic heterocycles. The van der Waals surface area contributed by atoms with Crippen LogP contribution in [0.2, 0.25) is 0 Å². The number of alkyl halides is 3. The molecule has 1 saturated heterocycles. The molecule has 0 atom stereocenters. The number of halogens is 3. The third-order valence-electron chi connectivity index (χ3n) is 5.57. The van der Waals surface area contributed by atoms with E-state index in [1.807, 2.05) is 4.90 Å². The fourth-order valence-electron chi connectivity index (χ4n) is 3.94. The molecule has 9 heteroatoms. The first kappa shape index (κ1) is 23.4. The van der Waals surface area contributed by atoms with Crippen LogP contribution in [0, 0.1) is 6.07 Å². The zero-order valence-corrected chi connectivity index (χ0v) is 18.2. The van der Waals surface area contributed by atoms with Gasteiger partial charge in [0.1, 0.15) is 18.1 Å². The van der Waals surface area contributed by atoms with E-state index in [0.29, 0.717) is 35.5 Å². The lowest BCUT2D eigenvalue weighted by molar-refractivity contribution is -0.139. The normalized spacial score (nSPS) is 14.1. The number of nitrogens with two attached hydrogens (primary N) is 1. The number of para-hydroxylation sites is 1. The molecule has 0 spiro atoms. The number of rotatable bonds is 6. The minimum atomic E-state index is -4.58. The van der Waals surface area contributed by atoms with Gasteiger partial charge in [-0.25, -0.2) is 0 Å². The first-order valence-electron chi connectivity index (χ1n) is 10.7. The van der Waals surface area contributed by atoms with Crippen molar-refractivity contribution in [2.75, 3.05) is 31.1 Å². The number of phenols is 1. The summed E-state index contributed by atoms with van der Waals surface area (Å²) in [7, 11) is 0. The van der Waals surface area contributed by atoms with Crippen LogP contribution in [0.15, 0.2) is 54.6 Å². The van der Waals surface area contributed by atoms with Crippen LogP contribution in [0.4, 0.5) is 18.9 Å². The summed E-state index contributed by atoms with van der Waals surface area (Å²) in [5, 5.41) is 12.9. The highest BCUT2D eigenvalue weighted by molar-refractivity contribution is 6.01. The Kier molecular flexibility index (Phi) is 6.65. The van der Waals surface area contributed by atoms with Crippen molar-refractivity contribution in [2.24, 2.45) is 5.73 Å². The highest BCUT2D eigenvalue weighted by Gasteiger charge is 2.34. The van der Waals surface area contributed by atoms with Crippen LogP contribution < -0.4 is 20.7 Å². The topological polar surface area (TPSA) is 87.8 Å².